The lowest BCUT2D eigenvalue weighted by Crippen LogP contribution is -2.36. The third-order valence-electron chi connectivity index (χ3n) is 2.33. The standard InChI is InChI=1S/C11H9Cl4FO2/c12-6-10(18-7-17,5-11(13,14)15)8-2-1-3-9(16)4-8/h1-4,7H,5-6H2. The molecule has 1 atom stereocenters. The molecule has 0 heterocycles. The fourth-order valence-corrected chi connectivity index (χ4v) is 2.51. The van der Waals surface area contributed by atoms with E-state index in [1.807, 2.05) is 0 Å². The van der Waals surface area contributed by atoms with E-state index < -0.39 is 15.2 Å². The molecular weight excluding hydrogens is 325 g/mol. The molecule has 0 aliphatic carbocycles. The summed E-state index contributed by atoms with van der Waals surface area (Å²) in [7, 11) is 0. The molecule has 1 aromatic carbocycles. The molecule has 1 rings (SSSR count). The van der Waals surface area contributed by atoms with Gasteiger partial charge in [-0.1, -0.05) is 46.9 Å². The molecule has 0 amide bonds. The minimum atomic E-state index is -1.69. The van der Waals surface area contributed by atoms with Gasteiger partial charge in [0.2, 0.25) is 0 Å². The summed E-state index contributed by atoms with van der Waals surface area (Å²) in [4.78, 5) is 10.6. The van der Waals surface area contributed by atoms with Gasteiger partial charge in [0.25, 0.3) is 6.47 Å². The molecule has 1 unspecified atom stereocenters. The van der Waals surface area contributed by atoms with E-state index in [-0.39, 0.29) is 18.8 Å². The van der Waals surface area contributed by atoms with Gasteiger partial charge >= 0.3 is 0 Å². The largest absolute Gasteiger partial charge is 0.455 e. The second-order valence-electron chi connectivity index (χ2n) is 3.64. The second-order valence-corrected chi connectivity index (χ2v) is 6.43. The van der Waals surface area contributed by atoms with Crippen molar-refractivity contribution in [3.63, 3.8) is 0 Å². The molecular formula is C11H9Cl4FO2. The lowest BCUT2D eigenvalue weighted by Gasteiger charge is -2.33. The maximum absolute atomic E-state index is 13.2. The molecule has 0 radical (unpaired) electrons. The van der Waals surface area contributed by atoms with Gasteiger partial charge < -0.3 is 4.74 Å². The Morgan fingerprint density at radius 2 is 2.00 bits per heavy atom. The molecule has 0 aliphatic heterocycles. The number of rotatable bonds is 5. The molecule has 100 valence electrons. The molecule has 0 aliphatic rings. The maximum atomic E-state index is 13.2. The summed E-state index contributed by atoms with van der Waals surface area (Å²) in [5.74, 6) is -0.663. The summed E-state index contributed by atoms with van der Waals surface area (Å²) < 4.78 is 16.5. The topological polar surface area (TPSA) is 26.3 Å². The normalized spacial score (nSPS) is 14.9. The van der Waals surface area contributed by atoms with Crippen molar-refractivity contribution >= 4 is 52.9 Å². The number of alkyl halides is 4. The smallest absolute Gasteiger partial charge is 0.294 e. The zero-order chi connectivity index (χ0) is 13.8. The van der Waals surface area contributed by atoms with Crippen LogP contribution in [0.1, 0.15) is 12.0 Å². The highest BCUT2D eigenvalue weighted by Crippen LogP contribution is 2.42. The number of carbonyl (C=O) groups excluding carboxylic acids is 1. The number of hydrogen-bond acceptors (Lipinski definition) is 2. The zero-order valence-electron chi connectivity index (χ0n) is 9.01. The van der Waals surface area contributed by atoms with Gasteiger partial charge in [-0.3, -0.25) is 4.79 Å². The van der Waals surface area contributed by atoms with Crippen molar-refractivity contribution in [1.82, 2.24) is 0 Å². The minimum Gasteiger partial charge on any atom is -0.455 e. The van der Waals surface area contributed by atoms with Crippen molar-refractivity contribution < 1.29 is 13.9 Å². The van der Waals surface area contributed by atoms with Crippen molar-refractivity contribution in [1.29, 1.82) is 0 Å². The highest BCUT2D eigenvalue weighted by Gasteiger charge is 2.41. The van der Waals surface area contributed by atoms with Crippen LogP contribution in [0.25, 0.3) is 0 Å². The van der Waals surface area contributed by atoms with Crippen LogP contribution in [0, 0.1) is 5.82 Å². The van der Waals surface area contributed by atoms with Crippen LogP contribution in [0.5, 0.6) is 0 Å². The number of halogens is 5. The van der Waals surface area contributed by atoms with Gasteiger partial charge in [-0.25, -0.2) is 4.39 Å². The number of hydrogen-bond donors (Lipinski definition) is 0. The van der Waals surface area contributed by atoms with Crippen LogP contribution in [0.15, 0.2) is 24.3 Å². The van der Waals surface area contributed by atoms with Crippen LogP contribution in [-0.4, -0.2) is 16.1 Å². The van der Waals surface area contributed by atoms with E-state index in [2.05, 4.69) is 0 Å². The maximum Gasteiger partial charge on any atom is 0.294 e. The third kappa shape index (κ3) is 4.16. The zero-order valence-corrected chi connectivity index (χ0v) is 12.0. The molecule has 1 aromatic rings. The molecule has 0 N–H and O–H groups in total. The van der Waals surface area contributed by atoms with E-state index in [1.165, 1.54) is 18.2 Å². The molecule has 0 saturated heterocycles. The fourth-order valence-electron chi connectivity index (χ4n) is 1.56. The Hall–Kier alpha value is -0.220. The average molecular weight is 334 g/mol. The van der Waals surface area contributed by atoms with Gasteiger partial charge in [0.1, 0.15) is 5.82 Å². The van der Waals surface area contributed by atoms with Crippen molar-refractivity contribution in [2.45, 2.75) is 15.8 Å². The van der Waals surface area contributed by atoms with Crippen LogP contribution in [0.3, 0.4) is 0 Å². The lowest BCUT2D eigenvalue weighted by atomic mass is 9.92. The number of benzene rings is 1. The van der Waals surface area contributed by atoms with E-state index in [0.717, 1.165) is 0 Å². The first-order valence-electron chi connectivity index (χ1n) is 4.83. The molecule has 2 nitrogen and oxygen atoms in total. The molecule has 0 aromatic heterocycles. The highest BCUT2D eigenvalue weighted by atomic mass is 35.6. The first kappa shape index (κ1) is 15.8. The van der Waals surface area contributed by atoms with Gasteiger partial charge in [0.05, 0.1) is 5.88 Å². The average Bonchev–Trinajstić information content (AvgIpc) is 2.26. The summed E-state index contributed by atoms with van der Waals surface area (Å²) in [6, 6.07) is 5.44. The van der Waals surface area contributed by atoms with Crippen molar-refractivity contribution in [2.75, 3.05) is 5.88 Å². The van der Waals surface area contributed by atoms with Crippen LogP contribution >= 0.6 is 46.4 Å². The minimum absolute atomic E-state index is 0.164. The predicted octanol–water partition coefficient (Wildman–Crippen LogP) is 4.19. The summed E-state index contributed by atoms with van der Waals surface area (Å²) in [6.07, 6.45) is -0.184. The van der Waals surface area contributed by atoms with Gasteiger partial charge in [-0.2, -0.15) is 0 Å². The predicted molar refractivity (Wildman–Crippen MR) is 70.9 cm³/mol. The Morgan fingerprint density at radius 3 is 2.44 bits per heavy atom. The Balaban J connectivity index is 3.22. The number of ether oxygens (including phenoxy) is 1. The van der Waals surface area contributed by atoms with Gasteiger partial charge in [-0.05, 0) is 17.7 Å². The van der Waals surface area contributed by atoms with Crippen LogP contribution in [-0.2, 0) is 15.1 Å². The SMILES string of the molecule is O=COC(CCl)(CC(Cl)(Cl)Cl)c1cccc(F)c1. The van der Waals surface area contributed by atoms with E-state index in [0.29, 0.717) is 5.56 Å². The summed E-state index contributed by atoms with van der Waals surface area (Å²) in [6.45, 7) is 0.198. The van der Waals surface area contributed by atoms with Crippen molar-refractivity contribution in [2.24, 2.45) is 0 Å². The Morgan fingerprint density at radius 1 is 1.33 bits per heavy atom. The van der Waals surface area contributed by atoms with Crippen LogP contribution in [0.2, 0.25) is 0 Å². The summed E-state index contributed by atoms with van der Waals surface area (Å²) >= 11 is 22.9. The van der Waals surface area contributed by atoms with Crippen LogP contribution in [0.4, 0.5) is 4.39 Å². The Bertz CT molecular complexity index is 422. The summed E-state index contributed by atoms with van der Waals surface area (Å²) in [5.41, 5.74) is -1.05. The molecule has 0 spiro atoms. The van der Waals surface area contributed by atoms with Crippen molar-refractivity contribution in [3.8, 4) is 0 Å². The molecule has 0 saturated carbocycles. The quantitative estimate of drug-likeness (QED) is 0.596. The number of carbonyl (C=O) groups is 1. The third-order valence-corrected chi connectivity index (χ3v) is 3.16. The van der Waals surface area contributed by atoms with E-state index in [4.69, 9.17) is 51.1 Å². The monoisotopic (exact) mass is 332 g/mol. The molecule has 0 fully saturated rings. The van der Waals surface area contributed by atoms with Crippen molar-refractivity contribution in [3.05, 3.63) is 35.6 Å². The molecule has 18 heavy (non-hydrogen) atoms. The summed E-state index contributed by atoms with van der Waals surface area (Å²) in [5, 5.41) is 0. The Kier molecular flexibility index (Phi) is 5.53. The van der Waals surface area contributed by atoms with Gasteiger partial charge in [0.15, 0.2) is 9.39 Å². The fraction of sp³-hybridized carbons (Fsp3) is 0.364. The van der Waals surface area contributed by atoms with E-state index in [1.54, 1.807) is 6.07 Å². The molecule has 7 heteroatoms. The first-order chi connectivity index (χ1) is 8.33. The lowest BCUT2D eigenvalue weighted by molar-refractivity contribution is -0.143. The van der Waals surface area contributed by atoms with E-state index in [9.17, 15) is 9.18 Å². The Labute approximate surface area is 124 Å². The highest BCUT2D eigenvalue weighted by molar-refractivity contribution is 6.67. The molecule has 0 bridgehead atoms. The van der Waals surface area contributed by atoms with E-state index >= 15 is 0 Å². The van der Waals surface area contributed by atoms with Gasteiger partial charge in [0, 0.05) is 6.42 Å². The second kappa shape index (κ2) is 6.29. The first-order valence-corrected chi connectivity index (χ1v) is 6.50. The van der Waals surface area contributed by atoms with Gasteiger partial charge in [-0.15, -0.1) is 11.6 Å². The van der Waals surface area contributed by atoms with Crippen LogP contribution < -0.4 is 0 Å².